The number of alkyl halides is 2. The van der Waals surface area contributed by atoms with E-state index in [1.165, 1.54) is 0 Å². The van der Waals surface area contributed by atoms with Gasteiger partial charge < -0.3 is 16.8 Å². The van der Waals surface area contributed by atoms with E-state index in [-0.39, 0.29) is 6.54 Å². The van der Waals surface area contributed by atoms with Crippen molar-refractivity contribution in [1.82, 2.24) is 5.32 Å². The van der Waals surface area contributed by atoms with E-state index in [1.807, 2.05) is 45.0 Å². The molecule has 0 fully saturated rings. The third-order valence-electron chi connectivity index (χ3n) is 2.34. The Morgan fingerprint density at radius 3 is 2.25 bits per heavy atom. The van der Waals surface area contributed by atoms with Crippen LogP contribution in [-0.4, -0.2) is 18.6 Å². The summed E-state index contributed by atoms with van der Waals surface area (Å²) in [5, 5.41) is 2.92. The van der Waals surface area contributed by atoms with Crippen LogP contribution in [0.15, 0.2) is 29.3 Å². The Hall–Kier alpha value is -1.69. The number of nitrogens with zero attached hydrogens (tertiary/aromatic N) is 1. The predicted octanol–water partition coefficient (Wildman–Crippen LogP) is 2.37. The van der Waals surface area contributed by atoms with Crippen LogP contribution in [0, 0.1) is 6.92 Å². The minimum Gasteiger partial charge on any atom is -0.370 e. The molecule has 0 unspecified atom stereocenters. The van der Waals surface area contributed by atoms with Crippen molar-refractivity contribution in [1.29, 1.82) is 0 Å². The number of aliphatic imine (C=N–C) groups is 1. The molecule has 0 amide bonds. The Bertz CT molecular complexity index is 398. The summed E-state index contributed by atoms with van der Waals surface area (Å²) >= 11 is 0. The molecule has 0 aliphatic heterocycles. The first kappa shape index (κ1) is 18.3. The van der Waals surface area contributed by atoms with Crippen LogP contribution in [0.5, 0.6) is 0 Å². The summed E-state index contributed by atoms with van der Waals surface area (Å²) in [6, 6.07) is 4.65. The molecule has 0 atom stereocenters. The lowest BCUT2D eigenvalue weighted by atomic mass is 10.1. The molecule has 1 aromatic rings. The largest absolute Gasteiger partial charge is 0.370 e. The van der Waals surface area contributed by atoms with Gasteiger partial charge in [-0.2, -0.15) is 13.8 Å². The quantitative estimate of drug-likeness (QED) is 0.325. The highest BCUT2D eigenvalue weighted by Gasteiger charge is 2.26. The van der Waals surface area contributed by atoms with Crippen molar-refractivity contribution in [2.24, 2.45) is 16.5 Å². The van der Waals surface area contributed by atoms with Crippen LogP contribution in [0.4, 0.5) is 8.78 Å². The summed E-state index contributed by atoms with van der Waals surface area (Å²) in [4.78, 5) is 2.86. The molecule has 1 rings (SSSR count). The second-order valence-electron chi connectivity index (χ2n) is 4.11. The van der Waals surface area contributed by atoms with E-state index in [4.69, 9.17) is 11.5 Å². The van der Waals surface area contributed by atoms with E-state index in [1.54, 1.807) is 0 Å². The number of guanidine groups is 1. The van der Waals surface area contributed by atoms with Crippen molar-refractivity contribution in [2.45, 2.75) is 39.8 Å². The van der Waals surface area contributed by atoms with Crippen LogP contribution < -0.4 is 16.8 Å². The molecule has 4 nitrogen and oxygen atoms in total. The maximum Gasteiger partial charge on any atom is 0.346 e. The number of aryl methyl sites for hydroxylation is 1. The first-order valence-electron chi connectivity index (χ1n) is 6.64. The molecule has 0 aliphatic rings. The summed E-state index contributed by atoms with van der Waals surface area (Å²) in [5.41, 5.74) is 12.0. The Kier molecular flexibility index (Phi) is 8.47. The number of hydrogen-bond acceptors (Lipinski definition) is 2. The van der Waals surface area contributed by atoms with Crippen molar-refractivity contribution in [3.05, 3.63) is 35.4 Å². The fraction of sp³-hybridized carbons (Fsp3) is 0.500. The minimum absolute atomic E-state index is 0.137. The number of halogens is 2. The number of nitrogens with two attached hydrogens (primary N) is 2. The highest BCUT2D eigenvalue weighted by Crippen LogP contribution is 2.18. The second-order valence-corrected chi connectivity index (χ2v) is 4.11. The van der Waals surface area contributed by atoms with Gasteiger partial charge in [-0.25, -0.2) is 0 Å². The van der Waals surface area contributed by atoms with Gasteiger partial charge in [0.1, 0.15) is 0 Å². The van der Waals surface area contributed by atoms with Crippen LogP contribution in [-0.2, 0) is 6.54 Å². The number of nitrogens with one attached hydrogen (secondary N) is 1. The molecule has 20 heavy (non-hydrogen) atoms. The maximum absolute atomic E-state index is 13.1. The van der Waals surface area contributed by atoms with E-state index in [2.05, 4.69) is 10.3 Å². The molecule has 0 aromatic heterocycles. The van der Waals surface area contributed by atoms with Gasteiger partial charge in [0.05, 0.1) is 0 Å². The summed E-state index contributed by atoms with van der Waals surface area (Å²) < 4.78 is 26.1. The number of hydrogen-bond donors (Lipinski definition) is 3. The summed E-state index contributed by atoms with van der Waals surface area (Å²) in [5.74, 6) is -0.599. The molecule has 0 aliphatic carbocycles. The van der Waals surface area contributed by atoms with Crippen molar-refractivity contribution in [2.75, 3.05) is 6.54 Å². The van der Waals surface area contributed by atoms with Gasteiger partial charge in [0.15, 0.2) is 5.96 Å². The number of rotatable bonds is 6. The summed E-state index contributed by atoms with van der Waals surface area (Å²) in [7, 11) is 0. The van der Waals surface area contributed by atoms with E-state index < -0.39 is 18.4 Å². The Labute approximate surface area is 119 Å². The maximum atomic E-state index is 13.1. The third-order valence-corrected chi connectivity index (χ3v) is 2.34. The molecule has 0 radical (unpaired) electrons. The van der Waals surface area contributed by atoms with Gasteiger partial charge in [-0.3, -0.25) is 0 Å². The van der Waals surface area contributed by atoms with Crippen molar-refractivity contribution in [3.63, 3.8) is 0 Å². The van der Waals surface area contributed by atoms with E-state index in [9.17, 15) is 8.78 Å². The second kappa shape index (κ2) is 9.25. The molecule has 0 bridgehead atoms. The lowest BCUT2D eigenvalue weighted by molar-refractivity contribution is 0.00250. The lowest BCUT2D eigenvalue weighted by Crippen LogP contribution is -2.30. The average Bonchev–Trinajstić information content (AvgIpc) is 2.38. The van der Waals surface area contributed by atoms with Crippen LogP contribution in [0.25, 0.3) is 0 Å². The zero-order valence-electron chi connectivity index (χ0n) is 12.3. The van der Waals surface area contributed by atoms with Crippen molar-refractivity contribution < 1.29 is 8.78 Å². The topological polar surface area (TPSA) is 76.4 Å². The zero-order valence-corrected chi connectivity index (χ0v) is 12.3. The monoisotopic (exact) mass is 286 g/mol. The fourth-order valence-electron chi connectivity index (χ4n) is 1.42. The highest BCUT2D eigenvalue weighted by atomic mass is 19.3. The molecular formula is C14H24F2N4. The lowest BCUT2D eigenvalue weighted by Gasteiger charge is -2.12. The van der Waals surface area contributed by atoms with Crippen molar-refractivity contribution >= 4 is 5.96 Å². The Balaban J connectivity index is 0.00000172. The van der Waals surface area contributed by atoms with Crippen LogP contribution >= 0.6 is 0 Å². The summed E-state index contributed by atoms with van der Waals surface area (Å²) in [6.45, 7) is 6.67. The van der Waals surface area contributed by atoms with E-state index in [0.717, 1.165) is 11.1 Å². The van der Waals surface area contributed by atoms with E-state index >= 15 is 0 Å². The molecule has 0 spiro atoms. The van der Waals surface area contributed by atoms with Gasteiger partial charge >= 0.3 is 6.05 Å². The molecule has 0 saturated carbocycles. The highest BCUT2D eigenvalue weighted by molar-refractivity contribution is 5.75. The molecular weight excluding hydrogens is 262 g/mol. The Morgan fingerprint density at radius 2 is 1.75 bits per heavy atom. The zero-order chi connectivity index (χ0) is 15.6. The summed E-state index contributed by atoms with van der Waals surface area (Å²) in [6.07, 6.45) is -0.434. The van der Waals surface area contributed by atoms with Crippen molar-refractivity contribution in [3.8, 4) is 0 Å². The first-order valence-corrected chi connectivity index (χ1v) is 6.64. The number of benzene rings is 1. The minimum atomic E-state index is -3.21. The van der Waals surface area contributed by atoms with Gasteiger partial charge in [0.2, 0.25) is 0 Å². The molecule has 6 heteroatoms. The van der Waals surface area contributed by atoms with Gasteiger partial charge in [-0.1, -0.05) is 43.7 Å². The van der Waals surface area contributed by atoms with Crippen LogP contribution in [0.3, 0.4) is 0 Å². The fourth-order valence-corrected chi connectivity index (χ4v) is 1.42. The molecule has 0 saturated heterocycles. The van der Waals surface area contributed by atoms with E-state index in [0.29, 0.717) is 6.54 Å². The Morgan fingerprint density at radius 1 is 1.20 bits per heavy atom. The standard InChI is InChI=1S/C12H18F2N4.C2H6/c1-9-2-4-10(5-3-9)8-17-7-6-12(13,14)18-11(15)16;1-2/h2-5,17H,6-8H2,1H3,(H4,15,16,18);1-2H3. The molecule has 0 heterocycles. The SMILES string of the molecule is CC.Cc1ccc(CNCCC(F)(F)N=C(N)N)cc1. The van der Waals surface area contributed by atoms with Gasteiger partial charge in [-0.15, -0.1) is 0 Å². The third kappa shape index (κ3) is 8.42. The molecule has 114 valence electrons. The van der Waals surface area contributed by atoms with Crippen LogP contribution in [0.1, 0.15) is 31.4 Å². The van der Waals surface area contributed by atoms with Gasteiger partial charge in [-0.05, 0) is 12.5 Å². The normalized spacial score (nSPS) is 10.4. The van der Waals surface area contributed by atoms with Crippen LogP contribution in [0.2, 0.25) is 0 Å². The first-order chi connectivity index (χ1) is 9.39. The van der Waals surface area contributed by atoms with Gasteiger partial charge in [0.25, 0.3) is 0 Å². The molecule has 1 aromatic carbocycles. The van der Waals surface area contributed by atoms with Gasteiger partial charge in [0, 0.05) is 19.5 Å². The molecule has 5 N–H and O–H groups in total. The average molecular weight is 286 g/mol. The smallest absolute Gasteiger partial charge is 0.346 e. The predicted molar refractivity (Wildman–Crippen MR) is 79.6 cm³/mol.